The molecule has 1 N–H and O–H groups in total. The summed E-state index contributed by atoms with van der Waals surface area (Å²) < 4.78 is 10.4. The molecule has 3 aromatic rings. The van der Waals surface area contributed by atoms with Gasteiger partial charge in [-0.15, -0.1) is 0 Å². The first-order chi connectivity index (χ1) is 11.5. The first-order valence-electron chi connectivity index (χ1n) is 7.13. The van der Waals surface area contributed by atoms with Gasteiger partial charge >= 0.3 is 11.6 Å². The molecular weight excluding hydrogens is 332 g/mol. The van der Waals surface area contributed by atoms with Crippen molar-refractivity contribution in [1.29, 1.82) is 0 Å². The fourth-order valence-electron chi connectivity index (χ4n) is 2.38. The molecule has 122 valence electrons. The molecule has 0 atom stereocenters. The molecule has 6 heteroatoms. The topological polar surface area (TPSA) is 76.7 Å². The summed E-state index contributed by atoms with van der Waals surface area (Å²) in [5.74, 6) is -0.520. The number of fused-ring (bicyclic) bond motifs is 1. The molecule has 0 aliphatic rings. The van der Waals surface area contributed by atoms with Crippen molar-refractivity contribution < 1.29 is 19.1 Å². The number of aromatic hydroxyl groups is 1. The van der Waals surface area contributed by atoms with Crippen LogP contribution in [-0.4, -0.2) is 11.1 Å². The largest absolute Gasteiger partial charge is 0.508 e. The summed E-state index contributed by atoms with van der Waals surface area (Å²) in [6, 6.07) is 10.8. The lowest BCUT2D eigenvalue weighted by atomic mass is 10.1. The smallest absolute Gasteiger partial charge is 0.338 e. The average Bonchev–Trinajstić information content (AvgIpc) is 2.56. The van der Waals surface area contributed by atoms with Crippen LogP contribution >= 0.6 is 11.6 Å². The van der Waals surface area contributed by atoms with E-state index in [4.69, 9.17) is 20.8 Å². The van der Waals surface area contributed by atoms with Crippen LogP contribution in [0, 0.1) is 6.92 Å². The van der Waals surface area contributed by atoms with Gasteiger partial charge in [-0.3, -0.25) is 0 Å². The standard InChI is InChI=1S/C18H13ClO5/c1-10-15(20)6-5-14-12(8-16(21)24-17(10)14)9-23-18(22)11-3-2-4-13(19)7-11/h2-8,20H,9H2,1H3. The van der Waals surface area contributed by atoms with Gasteiger partial charge in [0.1, 0.15) is 17.9 Å². The highest BCUT2D eigenvalue weighted by atomic mass is 35.5. The highest BCUT2D eigenvalue weighted by Gasteiger charge is 2.13. The molecule has 0 saturated carbocycles. The number of benzene rings is 2. The van der Waals surface area contributed by atoms with Crippen molar-refractivity contribution in [1.82, 2.24) is 0 Å². The third kappa shape index (κ3) is 3.12. The maximum absolute atomic E-state index is 12.1. The lowest BCUT2D eigenvalue weighted by Gasteiger charge is -2.09. The Kier molecular flexibility index (Phi) is 4.27. The molecule has 0 spiro atoms. The van der Waals surface area contributed by atoms with Gasteiger partial charge in [0, 0.05) is 27.6 Å². The number of carbonyl (C=O) groups is 1. The zero-order chi connectivity index (χ0) is 17.3. The summed E-state index contributed by atoms with van der Waals surface area (Å²) >= 11 is 5.85. The van der Waals surface area contributed by atoms with Gasteiger partial charge in [0.05, 0.1) is 5.56 Å². The summed E-state index contributed by atoms with van der Waals surface area (Å²) in [7, 11) is 0. The van der Waals surface area contributed by atoms with E-state index >= 15 is 0 Å². The van der Waals surface area contributed by atoms with Gasteiger partial charge in [0.15, 0.2) is 0 Å². The molecule has 0 aliphatic heterocycles. The summed E-state index contributed by atoms with van der Waals surface area (Å²) in [4.78, 5) is 23.8. The van der Waals surface area contributed by atoms with Gasteiger partial charge < -0.3 is 14.3 Å². The molecule has 2 aromatic carbocycles. The predicted molar refractivity (Wildman–Crippen MR) is 89.5 cm³/mol. The molecule has 1 aromatic heterocycles. The number of hydrogen-bond acceptors (Lipinski definition) is 5. The highest BCUT2D eigenvalue weighted by Crippen LogP contribution is 2.27. The third-order valence-electron chi connectivity index (χ3n) is 3.64. The van der Waals surface area contributed by atoms with E-state index in [9.17, 15) is 14.7 Å². The summed E-state index contributed by atoms with van der Waals surface area (Å²) in [6.45, 7) is 1.54. The van der Waals surface area contributed by atoms with Crippen molar-refractivity contribution >= 4 is 28.5 Å². The normalized spacial score (nSPS) is 10.8. The number of esters is 1. The van der Waals surface area contributed by atoms with Crippen LogP contribution in [0.25, 0.3) is 11.0 Å². The Labute approximate surface area is 142 Å². The van der Waals surface area contributed by atoms with Crippen LogP contribution < -0.4 is 5.63 Å². The van der Waals surface area contributed by atoms with Crippen LogP contribution in [0.4, 0.5) is 0 Å². The monoisotopic (exact) mass is 344 g/mol. The minimum absolute atomic E-state index is 0.0266. The maximum atomic E-state index is 12.1. The minimum Gasteiger partial charge on any atom is -0.508 e. The van der Waals surface area contributed by atoms with Crippen LogP contribution in [-0.2, 0) is 11.3 Å². The molecule has 0 saturated heterocycles. The van der Waals surface area contributed by atoms with E-state index in [1.165, 1.54) is 18.2 Å². The number of phenols is 1. The molecule has 0 radical (unpaired) electrons. The molecule has 0 aliphatic carbocycles. The number of rotatable bonds is 3. The van der Waals surface area contributed by atoms with Crippen LogP contribution in [0.15, 0.2) is 51.7 Å². The molecule has 3 rings (SSSR count). The van der Waals surface area contributed by atoms with E-state index in [1.807, 2.05) is 0 Å². The zero-order valence-electron chi connectivity index (χ0n) is 12.7. The van der Waals surface area contributed by atoms with Gasteiger partial charge in [0.2, 0.25) is 0 Å². The number of ether oxygens (including phenoxy) is 1. The van der Waals surface area contributed by atoms with E-state index in [1.54, 1.807) is 31.2 Å². The molecular formula is C18H13ClO5. The van der Waals surface area contributed by atoms with Crippen molar-refractivity contribution in [3.8, 4) is 5.75 Å². The van der Waals surface area contributed by atoms with Gasteiger partial charge in [-0.05, 0) is 37.3 Å². The molecule has 0 unspecified atom stereocenters. The van der Waals surface area contributed by atoms with Gasteiger partial charge in [-0.2, -0.15) is 0 Å². The molecule has 0 bridgehead atoms. The molecule has 5 nitrogen and oxygen atoms in total. The van der Waals surface area contributed by atoms with Crippen LogP contribution in [0.3, 0.4) is 0 Å². The van der Waals surface area contributed by atoms with Crippen molar-refractivity contribution in [2.24, 2.45) is 0 Å². The molecule has 0 amide bonds. The molecule has 24 heavy (non-hydrogen) atoms. The number of carbonyl (C=O) groups excluding carboxylic acids is 1. The van der Waals surface area contributed by atoms with Gasteiger partial charge in [0.25, 0.3) is 0 Å². The van der Waals surface area contributed by atoms with Crippen LogP contribution in [0.5, 0.6) is 5.75 Å². The Hall–Kier alpha value is -2.79. The fourth-order valence-corrected chi connectivity index (χ4v) is 2.57. The second-order valence-corrected chi connectivity index (χ2v) is 5.70. The summed E-state index contributed by atoms with van der Waals surface area (Å²) in [5.41, 5.74) is 0.970. The third-order valence-corrected chi connectivity index (χ3v) is 3.87. The summed E-state index contributed by atoms with van der Waals surface area (Å²) in [5, 5.41) is 10.8. The maximum Gasteiger partial charge on any atom is 0.338 e. The van der Waals surface area contributed by atoms with Crippen molar-refractivity contribution in [2.75, 3.05) is 0 Å². The number of hydrogen-bond donors (Lipinski definition) is 1. The fraction of sp³-hybridized carbons (Fsp3) is 0.111. The zero-order valence-corrected chi connectivity index (χ0v) is 13.5. The Balaban J connectivity index is 1.92. The van der Waals surface area contributed by atoms with Crippen molar-refractivity contribution in [3.05, 3.63) is 74.6 Å². The number of aryl methyl sites for hydroxylation is 1. The minimum atomic E-state index is -0.579. The number of halogens is 1. The highest BCUT2D eigenvalue weighted by molar-refractivity contribution is 6.30. The molecule has 1 heterocycles. The lowest BCUT2D eigenvalue weighted by Crippen LogP contribution is -2.08. The van der Waals surface area contributed by atoms with E-state index in [0.29, 0.717) is 27.1 Å². The Morgan fingerprint density at radius 2 is 2.04 bits per heavy atom. The summed E-state index contributed by atoms with van der Waals surface area (Å²) in [6.07, 6.45) is 0. The predicted octanol–water partition coefficient (Wildman–Crippen LogP) is 3.82. The van der Waals surface area contributed by atoms with E-state index in [2.05, 4.69) is 0 Å². The average molecular weight is 345 g/mol. The van der Waals surface area contributed by atoms with Crippen molar-refractivity contribution in [3.63, 3.8) is 0 Å². The Morgan fingerprint density at radius 3 is 2.79 bits per heavy atom. The number of phenolic OH excluding ortho intramolecular Hbond substituents is 1. The van der Waals surface area contributed by atoms with E-state index in [0.717, 1.165) is 0 Å². The van der Waals surface area contributed by atoms with Crippen LogP contribution in [0.2, 0.25) is 5.02 Å². The molecule has 0 fully saturated rings. The Bertz CT molecular complexity index is 990. The Morgan fingerprint density at radius 1 is 1.25 bits per heavy atom. The second-order valence-electron chi connectivity index (χ2n) is 5.26. The van der Waals surface area contributed by atoms with E-state index < -0.39 is 11.6 Å². The van der Waals surface area contributed by atoms with Crippen molar-refractivity contribution in [2.45, 2.75) is 13.5 Å². The van der Waals surface area contributed by atoms with Gasteiger partial charge in [-0.25, -0.2) is 9.59 Å². The lowest BCUT2D eigenvalue weighted by molar-refractivity contribution is 0.0474. The first-order valence-corrected chi connectivity index (χ1v) is 7.51. The first kappa shape index (κ1) is 16.1. The van der Waals surface area contributed by atoms with E-state index in [-0.39, 0.29) is 17.9 Å². The second kappa shape index (κ2) is 6.37. The quantitative estimate of drug-likeness (QED) is 0.577. The van der Waals surface area contributed by atoms with Gasteiger partial charge in [-0.1, -0.05) is 17.7 Å². The van der Waals surface area contributed by atoms with Crippen LogP contribution in [0.1, 0.15) is 21.5 Å². The SMILES string of the molecule is Cc1c(O)ccc2c(COC(=O)c3cccc(Cl)c3)cc(=O)oc12.